The molecule has 0 fully saturated rings. The van der Waals surface area contributed by atoms with Crippen LogP contribution in [0.25, 0.3) is 0 Å². The highest BCUT2D eigenvalue weighted by atomic mass is 16.5. The van der Waals surface area contributed by atoms with E-state index in [4.69, 9.17) is 10.5 Å². The molecule has 0 bridgehead atoms. The quantitative estimate of drug-likeness (QED) is 0.849. The highest BCUT2D eigenvalue weighted by molar-refractivity contribution is 5.93. The van der Waals surface area contributed by atoms with Gasteiger partial charge in [-0.15, -0.1) is 0 Å². The summed E-state index contributed by atoms with van der Waals surface area (Å²) in [6.45, 7) is 4.36. The third-order valence-electron chi connectivity index (χ3n) is 3.64. The molecule has 0 radical (unpaired) electrons. The van der Waals surface area contributed by atoms with E-state index in [0.29, 0.717) is 5.56 Å². The predicted molar refractivity (Wildman–Crippen MR) is 67.1 cm³/mol. The number of fused-ring (bicyclic) bond motifs is 1. The van der Waals surface area contributed by atoms with Gasteiger partial charge >= 0.3 is 0 Å². The van der Waals surface area contributed by atoms with Gasteiger partial charge in [0.05, 0.1) is 6.10 Å². The Bertz CT molecular complexity index is 452. The third-order valence-corrected chi connectivity index (χ3v) is 3.64. The third kappa shape index (κ3) is 2.20. The van der Waals surface area contributed by atoms with Crippen molar-refractivity contribution in [2.45, 2.75) is 38.2 Å². The van der Waals surface area contributed by atoms with Gasteiger partial charge in [-0.05, 0) is 41.5 Å². The first-order valence-electron chi connectivity index (χ1n) is 5.90. The van der Waals surface area contributed by atoms with Crippen molar-refractivity contribution in [2.75, 3.05) is 7.11 Å². The average Bonchev–Trinajstić information content (AvgIpc) is 2.27. The molecule has 3 nitrogen and oxygen atoms in total. The number of rotatable bonds is 2. The Balaban J connectivity index is 2.47. The van der Waals surface area contributed by atoms with E-state index in [1.807, 2.05) is 12.1 Å². The Labute approximate surface area is 102 Å². The zero-order valence-corrected chi connectivity index (χ0v) is 10.6. The second-order valence-electron chi connectivity index (χ2n) is 5.39. The van der Waals surface area contributed by atoms with E-state index in [-0.39, 0.29) is 17.4 Å². The molecule has 1 atom stereocenters. The van der Waals surface area contributed by atoms with Crippen LogP contribution in [0.4, 0.5) is 0 Å². The summed E-state index contributed by atoms with van der Waals surface area (Å²) in [5, 5.41) is 0. The van der Waals surface area contributed by atoms with Crippen molar-refractivity contribution >= 4 is 5.91 Å². The van der Waals surface area contributed by atoms with E-state index in [9.17, 15) is 4.79 Å². The molecule has 0 saturated carbocycles. The lowest BCUT2D eigenvalue weighted by atomic mass is 9.71. The number of ether oxygens (including phenoxy) is 1. The molecule has 3 heteroatoms. The van der Waals surface area contributed by atoms with Crippen LogP contribution in [0, 0.1) is 0 Å². The maximum atomic E-state index is 11.2. The maximum Gasteiger partial charge on any atom is 0.248 e. The summed E-state index contributed by atoms with van der Waals surface area (Å²) in [6.07, 6.45) is 2.14. The first-order chi connectivity index (χ1) is 7.94. The van der Waals surface area contributed by atoms with Gasteiger partial charge in [0.15, 0.2) is 0 Å². The second-order valence-corrected chi connectivity index (χ2v) is 5.39. The van der Waals surface area contributed by atoms with Crippen LogP contribution in [0.5, 0.6) is 0 Å². The van der Waals surface area contributed by atoms with E-state index in [1.165, 1.54) is 11.1 Å². The van der Waals surface area contributed by atoms with Crippen molar-refractivity contribution < 1.29 is 9.53 Å². The van der Waals surface area contributed by atoms with Gasteiger partial charge in [0, 0.05) is 12.7 Å². The molecule has 1 aliphatic rings. The normalized spacial score (nSPS) is 21.9. The maximum absolute atomic E-state index is 11.2. The van der Waals surface area contributed by atoms with Gasteiger partial charge in [0.2, 0.25) is 5.91 Å². The number of primary amides is 1. The molecule has 1 aromatic carbocycles. The molecule has 1 amide bonds. The van der Waals surface area contributed by atoms with Crippen LogP contribution < -0.4 is 5.73 Å². The van der Waals surface area contributed by atoms with E-state index < -0.39 is 0 Å². The first-order valence-corrected chi connectivity index (χ1v) is 5.90. The fourth-order valence-corrected chi connectivity index (χ4v) is 2.70. The van der Waals surface area contributed by atoms with Crippen LogP contribution in [-0.4, -0.2) is 19.1 Å². The first kappa shape index (κ1) is 12.1. The number of nitrogens with two attached hydrogens (primary N) is 1. The fourth-order valence-electron chi connectivity index (χ4n) is 2.70. The van der Waals surface area contributed by atoms with Crippen molar-refractivity contribution in [3.8, 4) is 0 Å². The summed E-state index contributed by atoms with van der Waals surface area (Å²) in [5.74, 6) is -0.363. The monoisotopic (exact) mass is 233 g/mol. The van der Waals surface area contributed by atoms with Crippen molar-refractivity contribution in [1.29, 1.82) is 0 Å². The van der Waals surface area contributed by atoms with Crippen LogP contribution >= 0.6 is 0 Å². The molecule has 1 unspecified atom stereocenters. The number of hydrogen-bond donors (Lipinski definition) is 1. The SMILES string of the molecule is COC1Cc2ccc(C(N)=O)cc2C(C)(C)C1. The van der Waals surface area contributed by atoms with Crippen molar-refractivity contribution in [3.05, 3.63) is 34.9 Å². The van der Waals surface area contributed by atoms with E-state index >= 15 is 0 Å². The minimum absolute atomic E-state index is 0.0275. The molecule has 2 rings (SSSR count). The minimum Gasteiger partial charge on any atom is -0.381 e. The molecule has 0 spiro atoms. The Hall–Kier alpha value is -1.35. The van der Waals surface area contributed by atoms with Crippen molar-refractivity contribution in [1.82, 2.24) is 0 Å². The number of hydrogen-bond acceptors (Lipinski definition) is 2. The summed E-state index contributed by atoms with van der Waals surface area (Å²) in [6, 6.07) is 5.74. The van der Waals surface area contributed by atoms with Crippen LogP contribution in [0.3, 0.4) is 0 Å². The number of methoxy groups -OCH3 is 1. The van der Waals surface area contributed by atoms with Crippen molar-refractivity contribution in [3.63, 3.8) is 0 Å². The standard InChI is InChI=1S/C14H19NO2/c1-14(2)8-11(17-3)6-9-4-5-10(13(15)16)7-12(9)14/h4-5,7,11H,6,8H2,1-3H3,(H2,15,16). The van der Waals surface area contributed by atoms with Crippen LogP contribution in [0.15, 0.2) is 18.2 Å². The van der Waals surface area contributed by atoms with Gasteiger partial charge in [-0.2, -0.15) is 0 Å². The molecule has 1 aromatic rings. The largest absolute Gasteiger partial charge is 0.381 e. The number of benzene rings is 1. The lowest BCUT2D eigenvalue weighted by molar-refractivity contribution is 0.0702. The Morgan fingerprint density at radius 2 is 2.18 bits per heavy atom. The molecular formula is C14H19NO2. The number of amides is 1. The van der Waals surface area contributed by atoms with Gasteiger partial charge in [0.1, 0.15) is 0 Å². The average molecular weight is 233 g/mol. The van der Waals surface area contributed by atoms with E-state index in [2.05, 4.69) is 13.8 Å². The summed E-state index contributed by atoms with van der Waals surface area (Å²) in [4.78, 5) is 11.2. The second kappa shape index (κ2) is 4.15. The van der Waals surface area contributed by atoms with E-state index in [1.54, 1.807) is 13.2 Å². The zero-order valence-electron chi connectivity index (χ0n) is 10.6. The summed E-state index contributed by atoms with van der Waals surface area (Å²) in [5.41, 5.74) is 8.43. The van der Waals surface area contributed by atoms with E-state index in [0.717, 1.165) is 12.8 Å². The Morgan fingerprint density at radius 1 is 1.47 bits per heavy atom. The molecule has 1 aliphatic carbocycles. The minimum atomic E-state index is -0.363. The highest BCUT2D eigenvalue weighted by Gasteiger charge is 2.33. The van der Waals surface area contributed by atoms with Gasteiger partial charge < -0.3 is 10.5 Å². The lowest BCUT2D eigenvalue weighted by Gasteiger charge is -2.37. The van der Waals surface area contributed by atoms with Gasteiger partial charge in [0.25, 0.3) is 0 Å². The van der Waals surface area contributed by atoms with Crippen LogP contribution in [0.2, 0.25) is 0 Å². The highest BCUT2D eigenvalue weighted by Crippen LogP contribution is 2.38. The van der Waals surface area contributed by atoms with Gasteiger partial charge in [-0.25, -0.2) is 0 Å². The number of carbonyl (C=O) groups excluding carboxylic acids is 1. The number of carbonyl (C=O) groups is 1. The molecule has 0 aromatic heterocycles. The molecule has 17 heavy (non-hydrogen) atoms. The molecule has 0 aliphatic heterocycles. The zero-order chi connectivity index (χ0) is 12.6. The topological polar surface area (TPSA) is 52.3 Å². The van der Waals surface area contributed by atoms with Gasteiger partial charge in [-0.1, -0.05) is 19.9 Å². The molecule has 0 saturated heterocycles. The van der Waals surface area contributed by atoms with Crippen molar-refractivity contribution in [2.24, 2.45) is 5.73 Å². The summed E-state index contributed by atoms with van der Waals surface area (Å²) in [7, 11) is 1.75. The fraction of sp³-hybridized carbons (Fsp3) is 0.500. The molecule has 2 N–H and O–H groups in total. The molecule has 0 heterocycles. The van der Waals surface area contributed by atoms with Crippen LogP contribution in [-0.2, 0) is 16.6 Å². The Kier molecular flexibility index (Phi) is 2.96. The summed E-state index contributed by atoms with van der Waals surface area (Å²) >= 11 is 0. The predicted octanol–water partition coefficient (Wildman–Crippen LogP) is 2.02. The molecular weight excluding hydrogens is 214 g/mol. The lowest BCUT2D eigenvalue weighted by Crippen LogP contribution is -2.34. The smallest absolute Gasteiger partial charge is 0.248 e. The molecule has 92 valence electrons. The van der Waals surface area contributed by atoms with Crippen LogP contribution in [0.1, 0.15) is 41.8 Å². The summed E-state index contributed by atoms with van der Waals surface area (Å²) < 4.78 is 5.47. The van der Waals surface area contributed by atoms with Gasteiger partial charge in [-0.3, -0.25) is 4.79 Å². The Morgan fingerprint density at radius 3 is 2.76 bits per heavy atom.